The predicted octanol–water partition coefficient (Wildman–Crippen LogP) is 3.70. The number of aromatic nitrogens is 5. The van der Waals surface area contributed by atoms with Gasteiger partial charge in [-0.25, -0.2) is 10.1 Å². The van der Waals surface area contributed by atoms with Crippen LogP contribution in [0.5, 0.6) is 0 Å². The summed E-state index contributed by atoms with van der Waals surface area (Å²) in [5, 5.41) is 19.6. The molecule has 0 bridgehead atoms. The Balaban J connectivity index is 1.60. The van der Waals surface area contributed by atoms with Crippen LogP contribution in [-0.2, 0) is 5.75 Å². The van der Waals surface area contributed by atoms with E-state index in [4.69, 9.17) is 17.3 Å². The molecular formula is C19H17ClN8O2S2. The van der Waals surface area contributed by atoms with Crippen molar-refractivity contribution in [1.82, 2.24) is 30.7 Å². The molecule has 0 aliphatic rings. The number of halogens is 1. The molecule has 3 aromatic heterocycles. The van der Waals surface area contributed by atoms with Crippen molar-refractivity contribution in [2.45, 2.75) is 24.5 Å². The highest BCUT2D eigenvalue weighted by Crippen LogP contribution is 2.26. The van der Waals surface area contributed by atoms with Crippen molar-refractivity contribution in [3.8, 4) is 5.82 Å². The minimum absolute atomic E-state index is 0.0342. The van der Waals surface area contributed by atoms with Crippen molar-refractivity contribution in [3.05, 3.63) is 62.6 Å². The number of hydrazone groups is 1. The van der Waals surface area contributed by atoms with Gasteiger partial charge in [0.25, 0.3) is 5.91 Å². The Kier molecular flexibility index (Phi) is 6.53. The van der Waals surface area contributed by atoms with Crippen LogP contribution in [0.15, 0.2) is 51.0 Å². The number of nitrogen functional groups attached to an aromatic ring is 1. The number of anilines is 1. The number of hydrogen-bond donors (Lipinski definition) is 2. The first-order valence-corrected chi connectivity index (χ1v) is 11.4. The molecule has 4 aromatic rings. The van der Waals surface area contributed by atoms with Crippen molar-refractivity contribution in [2.24, 2.45) is 5.10 Å². The second kappa shape index (κ2) is 9.51. The van der Waals surface area contributed by atoms with Gasteiger partial charge in [0.1, 0.15) is 0 Å². The SMILES string of the molecule is C/C(=N\NC(=O)c1nnn(-c2nonc2N)c1CSc1ccc(C)cc1)c1ccc(Cl)s1. The van der Waals surface area contributed by atoms with Crippen LogP contribution in [0.3, 0.4) is 0 Å². The summed E-state index contributed by atoms with van der Waals surface area (Å²) in [5.41, 5.74) is 10.7. The number of nitrogens with zero attached hydrogens (tertiary/aromatic N) is 6. The van der Waals surface area contributed by atoms with Crippen molar-refractivity contribution in [1.29, 1.82) is 0 Å². The average Bonchev–Trinajstić information content (AvgIpc) is 3.51. The summed E-state index contributed by atoms with van der Waals surface area (Å²) < 4.78 is 6.66. The molecule has 1 aromatic carbocycles. The molecule has 0 unspecified atom stereocenters. The Hall–Kier alpha value is -3.22. The van der Waals surface area contributed by atoms with Gasteiger partial charge in [-0.1, -0.05) is 34.5 Å². The smallest absolute Gasteiger partial charge is 0.293 e. The van der Waals surface area contributed by atoms with Gasteiger partial charge in [0, 0.05) is 10.6 Å². The summed E-state index contributed by atoms with van der Waals surface area (Å²) in [5.74, 6) is 0.0394. The normalized spacial score (nSPS) is 11.7. The van der Waals surface area contributed by atoms with E-state index in [2.05, 4.69) is 35.8 Å². The molecule has 13 heteroatoms. The molecule has 10 nitrogen and oxygen atoms in total. The maximum atomic E-state index is 12.9. The number of aryl methyl sites for hydroxylation is 1. The van der Waals surface area contributed by atoms with Crippen LogP contribution in [0.2, 0.25) is 4.34 Å². The molecule has 1 amide bonds. The second-order valence-electron chi connectivity index (χ2n) is 6.61. The van der Waals surface area contributed by atoms with Gasteiger partial charge >= 0.3 is 0 Å². The average molecular weight is 489 g/mol. The van der Waals surface area contributed by atoms with Gasteiger partial charge in [0.15, 0.2) is 5.69 Å². The Morgan fingerprint density at radius 3 is 2.72 bits per heavy atom. The zero-order valence-electron chi connectivity index (χ0n) is 16.9. The summed E-state index contributed by atoms with van der Waals surface area (Å²) in [6, 6.07) is 11.6. The Bertz CT molecular complexity index is 1280. The predicted molar refractivity (Wildman–Crippen MR) is 123 cm³/mol. The van der Waals surface area contributed by atoms with Crippen LogP contribution in [0.4, 0.5) is 5.82 Å². The molecule has 164 valence electrons. The van der Waals surface area contributed by atoms with Gasteiger partial charge in [0.05, 0.1) is 20.6 Å². The number of carbonyl (C=O) groups is 1. The summed E-state index contributed by atoms with van der Waals surface area (Å²) in [4.78, 5) is 14.7. The number of nitrogens with two attached hydrogens (primary N) is 1. The number of nitrogens with one attached hydrogen (secondary N) is 1. The number of rotatable bonds is 7. The number of carbonyl (C=O) groups excluding carboxylic acids is 1. The second-order valence-corrected chi connectivity index (χ2v) is 9.38. The van der Waals surface area contributed by atoms with Crippen LogP contribution < -0.4 is 11.2 Å². The summed E-state index contributed by atoms with van der Waals surface area (Å²) >= 11 is 8.84. The highest BCUT2D eigenvalue weighted by molar-refractivity contribution is 7.98. The lowest BCUT2D eigenvalue weighted by Gasteiger charge is -2.06. The lowest BCUT2D eigenvalue weighted by Crippen LogP contribution is -2.21. The van der Waals surface area contributed by atoms with Crippen LogP contribution in [0.1, 0.15) is 33.5 Å². The fraction of sp³-hybridized carbons (Fsp3) is 0.158. The summed E-state index contributed by atoms with van der Waals surface area (Å²) in [6.45, 7) is 3.79. The molecule has 32 heavy (non-hydrogen) atoms. The molecule has 0 fully saturated rings. The molecule has 0 saturated heterocycles. The van der Waals surface area contributed by atoms with E-state index in [1.165, 1.54) is 27.8 Å². The number of thiophene rings is 1. The largest absolute Gasteiger partial charge is 0.378 e. The first-order valence-electron chi connectivity index (χ1n) is 9.25. The first kappa shape index (κ1) is 22.0. The van der Waals surface area contributed by atoms with Gasteiger partial charge in [-0.05, 0) is 48.4 Å². The lowest BCUT2D eigenvalue weighted by atomic mass is 10.2. The maximum Gasteiger partial charge on any atom is 0.293 e. The Labute approximate surface area is 195 Å². The van der Waals surface area contributed by atoms with Gasteiger partial charge < -0.3 is 5.73 Å². The van der Waals surface area contributed by atoms with Crippen molar-refractivity contribution < 1.29 is 9.42 Å². The van der Waals surface area contributed by atoms with E-state index in [-0.39, 0.29) is 17.3 Å². The van der Waals surface area contributed by atoms with Gasteiger partial charge in [-0.15, -0.1) is 28.2 Å². The van der Waals surface area contributed by atoms with Gasteiger partial charge in [-0.2, -0.15) is 9.78 Å². The number of hydrogen-bond acceptors (Lipinski definition) is 10. The van der Waals surface area contributed by atoms with Crippen LogP contribution in [0, 0.1) is 6.92 Å². The molecule has 0 aliphatic heterocycles. The third kappa shape index (κ3) is 4.82. The number of amides is 1. The number of thioether (sulfide) groups is 1. The molecule has 0 atom stereocenters. The topological polar surface area (TPSA) is 137 Å². The van der Waals surface area contributed by atoms with Crippen LogP contribution in [-0.4, -0.2) is 36.9 Å². The molecule has 0 spiro atoms. The van der Waals surface area contributed by atoms with E-state index < -0.39 is 5.91 Å². The maximum absolute atomic E-state index is 12.9. The van der Waals surface area contributed by atoms with E-state index in [1.54, 1.807) is 13.0 Å². The van der Waals surface area contributed by atoms with E-state index in [0.29, 0.717) is 21.5 Å². The third-order valence-electron chi connectivity index (χ3n) is 4.33. The minimum Gasteiger partial charge on any atom is -0.378 e. The number of benzene rings is 1. The van der Waals surface area contributed by atoms with E-state index >= 15 is 0 Å². The molecule has 3 N–H and O–H groups in total. The standard InChI is InChI=1S/C19H17ClN8O2S2/c1-10-3-5-12(6-4-10)31-9-13-16(23-27-28(13)18-17(21)25-30-26-18)19(29)24-22-11(2)14-7-8-15(20)32-14/h3-8H,9H2,1-2H3,(H2,21,25)(H,24,29)/b22-11+. The molecule has 0 radical (unpaired) electrons. The first-order chi connectivity index (χ1) is 15.4. The molecule has 3 heterocycles. The Morgan fingerprint density at radius 2 is 2.06 bits per heavy atom. The zero-order valence-corrected chi connectivity index (χ0v) is 19.3. The van der Waals surface area contributed by atoms with Gasteiger partial charge in [0.2, 0.25) is 11.6 Å². The zero-order chi connectivity index (χ0) is 22.7. The van der Waals surface area contributed by atoms with Crippen LogP contribution >= 0.6 is 34.7 Å². The summed E-state index contributed by atoms with van der Waals surface area (Å²) in [6.07, 6.45) is 0. The van der Waals surface area contributed by atoms with E-state index in [1.807, 2.05) is 37.3 Å². The Morgan fingerprint density at radius 1 is 1.28 bits per heavy atom. The fourth-order valence-electron chi connectivity index (χ4n) is 2.65. The highest BCUT2D eigenvalue weighted by atomic mass is 35.5. The molecule has 0 saturated carbocycles. The van der Waals surface area contributed by atoms with Gasteiger partial charge in [-0.3, -0.25) is 4.79 Å². The highest BCUT2D eigenvalue weighted by Gasteiger charge is 2.24. The molecular weight excluding hydrogens is 472 g/mol. The molecule has 4 rings (SSSR count). The quantitative estimate of drug-likeness (QED) is 0.228. The van der Waals surface area contributed by atoms with E-state index in [9.17, 15) is 4.79 Å². The monoisotopic (exact) mass is 488 g/mol. The van der Waals surface area contributed by atoms with Crippen molar-refractivity contribution in [3.63, 3.8) is 0 Å². The lowest BCUT2D eigenvalue weighted by molar-refractivity contribution is 0.0949. The summed E-state index contributed by atoms with van der Waals surface area (Å²) in [7, 11) is 0. The fourth-order valence-corrected chi connectivity index (χ4v) is 4.53. The van der Waals surface area contributed by atoms with Crippen molar-refractivity contribution >= 4 is 52.1 Å². The van der Waals surface area contributed by atoms with Crippen LogP contribution in [0.25, 0.3) is 5.82 Å². The molecule has 0 aliphatic carbocycles. The van der Waals surface area contributed by atoms with E-state index in [0.717, 1.165) is 15.3 Å². The third-order valence-corrected chi connectivity index (χ3v) is 6.69. The minimum atomic E-state index is -0.521. The van der Waals surface area contributed by atoms with Crippen molar-refractivity contribution in [2.75, 3.05) is 5.73 Å².